The summed E-state index contributed by atoms with van der Waals surface area (Å²) in [7, 11) is 1.85. The molecule has 1 atom stereocenters. The number of thiazole rings is 1. The van der Waals surface area contributed by atoms with Gasteiger partial charge >= 0.3 is 0 Å². The molecule has 2 aromatic heterocycles. The molecule has 0 fully saturated rings. The second-order valence-electron chi connectivity index (χ2n) is 6.69. The molecule has 0 aliphatic rings. The van der Waals surface area contributed by atoms with E-state index in [-0.39, 0.29) is 0 Å². The zero-order chi connectivity index (χ0) is 19.1. The predicted molar refractivity (Wildman–Crippen MR) is 117 cm³/mol. The third kappa shape index (κ3) is 5.42. The number of pyridine rings is 1. The molecule has 138 valence electrons. The lowest BCUT2D eigenvalue weighted by atomic mass is 9.99. The van der Waals surface area contributed by atoms with Gasteiger partial charge in [0.15, 0.2) is 0 Å². The van der Waals surface area contributed by atoms with Crippen molar-refractivity contribution in [3.8, 4) is 11.8 Å². The summed E-state index contributed by atoms with van der Waals surface area (Å²) in [4.78, 5) is 8.93. The number of fused-ring (bicyclic) bond motifs is 1. The van der Waals surface area contributed by atoms with Crippen molar-refractivity contribution in [3.05, 3.63) is 58.7 Å². The average molecular weight is 376 g/mol. The van der Waals surface area contributed by atoms with Crippen LogP contribution in [0.2, 0.25) is 0 Å². The van der Waals surface area contributed by atoms with Crippen LogP contribution in [-0.4, -0.2) is 17.0 Å². The normalized spacial score (nSPS) is 12.1. The quantitative estimate of drug-likeness (QED) is 0.555. The van der Waals surface area contributed by atoms with Gasteiger partial charge in [0.05, 0.1) is 10.2 Å². The fourth-order valence-electron chi connectivity index (χ4n) is 2.68. The smallest absolute Gasteiger partial charge is 0.125 e. The highest BCUT2D eigenvalue weighted by molar-refractivity contribution is 7.19. The van der Waals surface area contributed by atoms with Crippen molar-refractivity contribution in [2.75, 3.05) is 12.4 Å². The summed E-state index contributed by atoms with van der Waals surface area (Å²) in [5.74, 6) is 7.77. The molecule has 0 bridgehead atoms. The molecule has 1 unspecified atom stereocenters. The molecular weight excluding hydrogens is 350 g/mol. The molecule has 3 rings (SSSR count). The number of allylic oxidation sites excluding steroid dienone is 1. The Balaban J connectivity index is 1.66. The molecule has 0 radical (unpaired) electrons. The van der Waals surface area contributed by atoms with Crippen molar-refractivity contribution >= 4 is 33.4 Å². The second-order valence-corrected chi connectivity index (χ2v) is 7.75. The van der Waals surface area contributed by atoms with Gasteiger partial charge in [-0.1, -0.05) is 38.2 Å². The highest BCUT2D eigenvalue weighted by Crippen LogP contribution is 2.25. The number of aryl methyl sites for hydroxylation is 1. The van der Waals surface area contributed by atoms with Crippen LogP contribution in [0.4, 0.5) is 5.82 Å². The highest BCUT2D eigenvalue weighted by atomic mass is 32.1. The predicted octanol–water partition coefficient (Wildman–Crippen LogP) is 5.78. The van der Waals surface area contributed by atoms with E-state index in [1.54, 1.807) is 17.5 Å². The first-order valence-corrected chi connectivity index (χ1v) is 10.2. The van der Waals surface area contributed by atoms with Crippen LogP contribution >= 0.6 is 11.3 Å². The molecule has 0 saturated heterocycles. The Labute approximate surface area is 165 Å². The van der Waals surface area contributed by atoms with Crippen molar-refractivity contribution in [3.63, 3.8) is 0 Å². The largest absolute Gasteiger partial charge is 0.373 e. The molecular formula is C23H25N3S. The number of hydrogen-bond acceptors (Lipinski definition) is 4. The van der Waals surface area contributed by atoms with Gasteiger partial charge in [0.25, 0.3) is 0 Å². The number of aromatic nitrogens is 2. The zero-order valence-corrected chi connectivity index (χ0v) is 16.9. The summed E-state index contributed by atoms with van der Waals surface area (Å²) in [5, 5.41) is 3.98. The van der Waals surface area contributed by atoms with E-state index in [4.69, 9.17) is 0 Å². The number of nitrogens with zero attached hydrogens (tertiary/aromatic N) is 2. The Morgan fingerprint density at radius 1 is 1.26 bits per heavy atom. The van der Waals surface area contributed by atoms with E-state index < -0.39 is 0 Å². The molecule has 0 aliphatic carbocycles. The summed E-state index contributed by atoms with van der Waals surface area (Å²) in [5.41, 5.74) is 3.36. The Morgan fingerprint density at radius 3 is 2.89 bits per heavy atom. The lowest BCUT2D eigenvalue weighted by Crippen LogP contribution is -1.95. The minimum absolute atomic E-state index is 0.781. The van der Waals surface area contributed by atoms with Gasteiger partial charge in [-0.2, -0.15) is 0 Å². The Morgan fingerprint density at radius 2 is 2.15 bits per heavy atom. The Kier molecular flexibility index (Phi) is 6.62. The third-order valence-corrected chi connectivity index (χ3v) is 5.62. The Hall–Kier alpha value is -2.64. The van der Waals surface area contributed by atoms with E-state index in [1.165, 1.54) is 23.1 Å². The number of rotatable bonds is 6. The van der Waals surface area contributed by atoms with Gasteiger partial charge in [0.2, 0.25) is 0 Å². The van der Waals surface area contributed by atoms with Crippen molar-refractivity contribution < 1.29 is 0 Å². The fraction of sp³-hybridized carbons (Fsp3) is 0.304. The molecule has 0 saturated carbocycles. The van der Waals surface area contributed by atoms with Crippen molar-refractivity contribution in [1.29, 1.82) is 0 Å². The summed E-state index contributed by atoms with van der Waals surface area (Å²) in [6, 6.07) is 10.5. The van der Waals surface area contributed by atoms with E-state index in [1.807, 2.05) is 31.3 Å². The number of anilines is 1. The third-order valence-electron chi connectivity index (χ3n) is 4.64. The van der Waals surface area contributed by atoms with Gasteiger partial charge in [-0.3, -0.25) is 0 Å². The van der Waals surface area contributed by atoms with E-state index in [0.717, 1.165) is 34.2 Å². The summed E-state index contributed by atoms with van der Waals surface area (Å²) in [6.07, 6.45) is 9.23. The van der Waals surface area contributed by atoms with Gasteiger partial charge in [-0.05, 0) is 60.7 Å². The molecule has 4 heteroatoms. The molecule has 3 aromatic rings. The van der Waals surface area contributed by atoms with E-state index in [0.29, 0.717) is 0 Å². The van der Waals surface area contributed by atoms with E-state index >= 15 is 0 Å². The average Bonchev–Trinajstić information content (AvgIpc) is 3.11. The molecule has 0 spiro atoms. The molecule has 27 heavy (non-hydrogen) atoms. The maximum Gasteiger partial charge on any atom is 0.125 e. The van der Waals surface area contributed by atoms with Gasteiger partial charge in [0.1, 0.15) is 10.8 Å². The van der Waals surface area contributed by atoms with Crippen LogP contribution in [0, 0.1) is 17.8 Å². The lowest BCUT2D eigenvalue weighted by molar-refractivity contribution is 0.517. The highest BCUT2D eigenvalue weighted by Gasteiger charge is 2.04. The summed E-state index contributed by atoms with van der Waals surface area (Å²) < 4.78 is 1.25. The Bertz CT molecular complexity index is 974. The van der Waals surface area contributed by atoms with Crippen LogP contribution in [0.1, 0.15) is 42.8 Å². The van der Waals surface area contributed by atoms with Crippen LogP contribution in [0.15, 0.2) is 42.6 Å². The number of benzene rings is 1. The minimum atomic E-state index is 0.781. The van der Waals surface area contributed by atoms with Gasteiger partial charge < -0.3 is 5.32 Å². The van der Waals surface area contributed by atoms with Crippen LogP contribution in [0.3, 0.4) is 0 Å². The van der Waals surface area contributed by atoms with E-state index in [2.05, 4.69) is 59.2 Å². The maximum atomic E-state index is 4.68. The number of nitrogens with one attached hydrogen (secondary N) is 1. The first kappa shape index (κ1) is 19.1. The van der Waals surface area contributed by atoms with Crippen molar-refractivity contribution in [1.82, 2.24) is 9.97 Å². The molecule has 2 heterocycles. The zero-order valence-electron chi connectivity index (χ0n) is 16.1. The van der Waals surface area contributed by atoms with Crippen LogP contribution in [0.5, 0.6) is 0 Å². The van der Waals surface area contributed by atoms with Crippen LogP contribution < -0.4 is 5.32 Å². The van der Waals surface area contributed by atoms with Crippen molar-refractivity contribution in [2.45, 2.75) is 33.1 Å². The van der Waals surface area contributed by atoms with Gasteiger partial charge in [-0.15, -0.1) is 11.3 Å². The molecule has 0 amide bonds. The molecule has 0 aliphatic heterocycles. The van der Waals surface area contributed by atoms with Crippen molar-refractivity contribution in [2.24, 2.45) is 5.92 Å². The molecule has 3 nitrogen and oxygen atoms in total. The lowest BCUT2D eigenvalue weighted by Gasteiger charge is -2.07. The standard InChI is InChI=1S/C23H25N3S/c1-4-17(2)9-10-18-11-13-20-21(15-18)27-23(26-20)8-6-5-7-19-12-14-22(24-3)25-16-19/h6,8,11-17H,4,9-10H2,1-3H3,(H,24,25)/b8-6+. The monoisotopic (exact) mass is 375 g/mol. The molecule has 1 N–H and O–H groups in total. The number of hydrogen-bond donors (Lipinski definition) is 1. The van der Waals surface area contributed by atoms with Crippen LogP contribution in [-0.2, 0) is 6.42 Å². The topological polar surface area (TPSA) is 37.8 Å². The summed E-state index contributed by atoms with van der Waals surface area (Å²) in [6.45, 7) is 4.58. The summed E-state index contributed by atoms with van der Waals surface area (Å²) >= 11 is 1.72. The SMILES string of the molecule is CCC(C)CCc1ccc2nc(/C=C/C#Cc3ccc(NC)nc3)sc2c1. The molecule has 1 aromatic carbocycles. The minimum Gasteiger partial charge on any atom is -0.373 e. The first-order chi connectivity index (χ1) is 13.2. The van der Waals surface area contributed by atoms with Crippen LogP contribution in [0.25, 0.3) is 16.3 Å². The maximum absolute atomic E-state index is 4.68. The fourth-order valence-corrected chi connectivity index (χ4v) is 3.62. The second kappa shape index (κ2) is 9.34. The van der Waals surface area contributed by atoms with Gasteiger partial charge in [0, 0.05) is 18.8 Å². The van der Waals surface area contributed by atoms with Gasteiger partial charge in [-0.25, -0.2) is 9.97 Å². The van der Waals surface area contributed by atoms with E-state index in [9.17, 15) is 0 Å². The first-order valence-electron chi connectivity index (χ1n) is 9.39.